The van der Waals surface area contributed by atoms with Crippen LogP contribution in [0.25, 0.3) is 0 Å². The fourth-order valence-electron chi connectivity index (χ4n) is 3.28. The predicted molar refractivity (Wildman–Crippen MR) is 85.5 cm³/mol. The normalized spacial score (nSPS) is 29.0. The number of nitrogens with one attached hydrogen (secondary N) is 2. The highest BCUT2D eigenvalue weighted by Gasteiger charge is 2.41. The summed E-state index contributed by atoms with van der Waals surface area (Å²) in [5, 5.41) is 16.5. The zero-order chi connectivity index (χ0) is 15.3. The van der Waals surface area contributed by atoms with Gasteiger partial charge in [-0.05, 0) is 39.0 Å². The number of guanidine groups is 1. The van der Waals surface area contributed by atoms with Gasteiger partial charge in [0.05, 0.1) is 31.4 Å². The van der Waals surface area contributed by atoms with E-state index in [2.05, 4.69) is 31.4 Å². The first-order chi connectivity index (χ1) is 10.2. The van der Waals surface area contributed by atoms with Crippen molar-refractivity contribution in [1.29, 1.82) is 0 Å². The van der Waals surface area contributed by atoms with Gasteiger partial charge in [-0.1, -0.05) is 13.8 Å². The molecule has 0 aliphatic carbocycles. The van der Waals surface area contributed by atoms with Crippen molar-refractivity contribution in [3.8, 4) is 0 Å². The van der Waals surface area contributed by atoms with Gasteiger partial charge in [-0.15, -0.1) is 0 Å². The van der Waals surface area contributed by atoms with Crippen LogP contribution in [-0.2, 0) is 4.74 Å². The molecule has 0 aromatic heterocycles. The van der Waals surface area contributed by atoms with E-state index in [0.717, 1.165) is 38.2 Å². The number of hydrogen-bond acceptors (Lipinski definition) is 3. The minimum atomic E-state index is -0.0897. The molecule has 2 heterocycles. The second-order valence-electron chi connectivity index (χ2n) is 6.42. The Kier molecular flexibility index (Phi) is 5.88. The average molecular weight is 297 g/mol. The minimum Gasteiger partial charge on any atom is -0.396 e. The van der Waals surface area contributed by atoms with Crippen molar-refractivity contribution in [2.24, 2.45) is 10.4 Å². The smallest absolute Gasteiger partial charge is 0.191 e. The lowest BCUT2D eigenvalue weighted by molar-refractivity contribution is 0.0991. The summed E-state index contributed by atoms with van der Waals surface area (Å²) in [6, 6.07) is 0.383. The van der Waals surface area contributed by atoms with E-state index in [1.54, 1.807) is 0 Å². The van der Waals surface area contributed by atoms with Crippen molar-refractivity contribution in [1.82, 2.24) is 10.6 Å². The molecule has 2 fully saturated rings. The molecule has 5 heteroatoms. The Morgan fingerprint density at radius 1 is 1.29 bits per heavy atom. The number of aliphatic imine (C=N–C) groups is 1. The van der Waals surface area contributed by atoms with E-state index in [1.807, 2.05) is 0 Å². The van der Waals surface area contributed by atoms with Crippen molar-refractivity contribution in [3.63, 3.8) is 0 Å². The molecule has 0 radical (unpaired) electrons. The Bertz CT molecular complexity index is 347. The Balaban J connectivity index is 1.95. The van der Waals surface area contributed by atoms with Crippen LogP contribution in [0, 0.1) is 5.41 Å². The fourth-order valence-corrected chi connectivity index (χ4v) is 3.28. The van der Waals surface area contributed by atoms with Crippen molar-refractivity contribution in [2.75, 3.05) is 19.7 Å². The SMILES string of the molecule is CCNC(=NCC(CC)(CC)CO)NC1CC2CCC1O2. The molecule has 3 atom stereocenters. The molecule has 3 unspecified atom stereocenters. The lowest BCUT2D eigenvalue weighted by atomic mass is 9.83. The average Bonchev–Trinajstić information content (AvgIpc) is 3.12. The molecule has 0 aromatic carbocycles. The number of rotatable bonds is 7. The second-order valence-corrected chi connectivity index (χ2v) is 6.42. The molecular weight excluding hydrogens is 266 g/mol. The van der Waals surface area contributed by atoms with E-state index in [4.69, 9.17) is 9.73 Å². The van der Waals surface area contributed by atoms with Gasteiger partial charge in [0, 0.05) is 12.0 Å². The number of fused-ring (bicyclic) bond motifs is 2. The summed E-state index contributed by atoms with van der Waals surface area (Å²) >= 11 is 0. The Morgan fingerprint density at radius 3 is 2.52 bits per heavy atom. The van der Waals surface area contributed by atoms with Gasteiger partial charge in [0.15, 0.2) is 5.96 Å². The molecule has 5 nitrogen and oxygen atoms in total. The molecule has 0 spiro atoms. The number of aliphatic hydroxyl groups excluding tert-OH is 1. The minimum absolute atomic E-state index is 0.0897. The first-order valence-electron chi connectivity index (χ1n) is 8.47. The highest BCUT2D eigenvalue weighted by Crippen LogP contribution is 2.34. The van der Waals surface area contributed by atoms with Gasteiger partial charge >= 0.3 is 0 Å². The molecule has 0 saturated carbocycles. The zero-order valence-corrected chi connectivity index (χ0v) is 13.7. The van der Waals surface area contributed by atoms with Crippen LogP contribution in [0.3, 0.4) is 0 Å². The van der Waals surface area contributed by atoms with Crippen LogP contribution < -0.4 is 10.6 Å². The van der Waals surface area contributed by atoms with Gasteiger partial charge in [0.25, 0.3) is 0 Å². The summed E-state index contributed by atoms with van der Waals surface area (Å²) in [4.78, 5) is 4.72. The van der Waals surface area contributed by atoms with Gasteiger partial charge in [-0.25, -0.2) is 0 Å². The second kappa shape index (κ2) is 7.45. The third-order valence-corrected chi connectivity index (χ3v) is 5.18. The van der Waals surface area contributed by atoms with Crippen LogP contribution in [-0.4, -0.2) is 49.0 Å². The maximum Gasteiger partial charge on any atom is 0.191 e. The monoisotopic (exact) mass is 297 g/mol. The maximum atomic E-state index is 9.66. The first-order valence-corrected chi connectivity index (χ1v) is 8.47. The zero-order valence-electron chi connectivity index (χ0n) is 13.7. The van der Waals surface area contributed by atoms with Crippen LogP contribution in [0.2, 0.25) is 0 Å². The van der Waals surface area contributed by atoms with Gasteiger partial charge in [0.2, 0.25) is 0 Å². The molecule has 0 aromatic rings. The van der Waals surface area contributed by atoms with Crippen LogP contribution in [0.4, 0.5) is 0 Å². The summed E-state index contributed by atoms with van der Waals surface area (Å²) in [7, 11) is 0. The van der Waals surface area contributed by atoms with E-state index in [0.29, 0.717) is 24.8 Å². The van der Waals surface area contributed by atoms with Gasteiger partial charge in [-0.3, -0.25) is 4.99 Å². The summed E-state index contributed by atoms with van der Waals surface area (Å²) < 4.78 is 5.89. The summed E-state index contributed by atoms with van der Waals surface area (Å²) in [6.45, 7) is 8.03. The molecule has 2 aliphatic rings. The summed E-state index contributed by atoms with van der Waals surface area (Å²) in [5.41, 5.74) is -0.0897. The number of aliphatic hydroxyl groups is 1. The highest BCUT2D eigenvalue weighted by molar-refractivity contribution is 5.80. The van der Waals surface area contributed by atoms with E-state index >= 15 is 0 Å². The van der Waals surface area contributed by atoms with E-state index in [-0.39, 0.29) is 12.0 Å². The van der Waals surface area contributed by atoms with Gasteiger partial charge in [-0.2, -0.15) is 0 Å². The molecule has 21 heavy (non-hydrogen) atoms. The number of ether oxygens (including phenoxy) is 1. The highest BCUT2D eigenvalue weighted by atomic mass is 16.5. The van der Waals surface area contributed by atoms with E-state index < -0.39 is 0 Å². The largest absolute Gasteiger partial charge is 0.396 e. The third kappa shape index (κ3) is 3.89. The number of hydrogen-bond donors (Lipinski definition) is 3. The summed E-state index contributed by atoms with van der Waals surface area (Å²) in [6.07, 6.45) is 6.13. The summed E-state index contributed by atoms with van der Waals surface area (Å²) in [5.74, 6) is 0.860. The van der Waals surface area contributed by atoms with Crippen molar-refractivity contribution in [3.05, 3.63) is 0 Å². The molecule has 2 rings (SSSR count). The first kappa shape index (κ1) is 16.6. The van der Waals surface area contributed by atoms with Gasteiger partial charge in [0.1, 0.15) is 0 Å². The van der Waals surface area contributed by atoms with Crippen LogP contribution >= 0.6 is 0 Å². The van der Waals surface area contributed by atoms with E-state index in [1.165, 1.54) is 6.42 Å². The van der Waals surface area contributed by atoms with Crippen LogP contribution in [0.15, 0.2) is 4.99 Å². The Hall–Kier alpha value is -0.810. The lowest BCUT2D eigenvalue weighted by Crippen LogP contribution is -2.48. The van der Waals surface area contributed by atoms with E-state index in [9.17, 15) is 5.11 Å². The van der Waals surface area contributed by atoms with Crippen LogP contribution in [0.5, 0.6) is 0 Å². The number of nitrogens with zero attached hydrogens (tertiary/aromatic N) is 1. The Morgan fingerprint density at radius 2 is 2.05 bits per heavy atom. The maximum absolute atomic E-state index is 9.66. The molecule has 2 bridgehead atoms. The topological polar surface area (TPSA) is 65.9 Å². The predicted octanol–water partition coefficient (Wildman–Crippen LogP) is 1.66. The molecule has 122 valence electrons. The van der Waals surface area contributed by atoms with Crippen molar-refractivity contribution in [2.45, 2.75) is 71.1 Å². The third-order valence-electron chi connectivity index (χ3n) is 5.18. The van der Waals surface area contributed by atoms with Crippen molar-refractivity contribution < 1.29 is 9.84 Å². The molecular formula is C16H31N3O2. The fraction of sp³-hybridized carbons (Fsp3) is 0.938. The Labute approximate surface area is 128 Å². The molecule has 2 aliphatic heterocycles. The molecule has 3 N–H and O–H groups in total. The van der Waals surface area contributed by atoms with Gasteiger partial charge < -0.3 is 20.5 Å². The molecule has 0 amide bonds. The molecule has 2 saturated heterocycles. The quantitative estimate of drug-likeness (QED) is 0.494. The van der Waals surface area contributed by atoms with Crippen LogP contribution in [0.1, 0.15) is 52.9 Å². The lowest BCUT2D eigenvalue weighted by Gasteiger charge is -2.28. The van der Waals surface area contributed by atoms with Crippen molar-refractivity contribution >= 4 is 5.96 Å². The standard InChI is InChI=1S/C16H31N3O2/c1-4-16(5-2,11-20)10-18-15(17-6-3)19-13-9-12-7-8-14(13)21-12/h12-14,20H,4-11H2,1-3H3,(H2,17,18,19).